The Balaban J connectivity index is 3.93. The molecule has 0 rings (SSSR count). The predicted molar refractivity (Wildman–Crippen MR) is 266 cm³/mol. The number of unbranched alkanes of at least 4 members (excludes halogenated alkanes) is 26. The third kappa shape index (κ3) is 49.2. The van der Waals surface area contributed by atoms with E-state index in [1.807, 2.05) is 0 Å². The molecule has 2 atom stereocenters. The number of esters is 1. The molecule has 0 amide bonds. The van der Waals surface area contributed by atoms with Gasteiger partial charge in [0.25, 0.3) is 0 Å². The van der Waals surface area contributed by atoms with Crippen molar-refractivity contribution in [3.63, 3.8) is 0 Å². The molecule has 0 aliphatic heterocycles. The lowest BCUT2D eigenvalue weighted by Gasteiger charge is -2.20. The van der Waals surface area contributed by atoms with Crippen molar-refractivity contribution in [2.45, 2.75) is 238 Å². The van der Waals surface area contributed by atoms with Crippen molar-refractivity contribution in [1.82, 2.24) is 0 Å². The topological polar surface area (TPSA) is 117 Å². The summed E-state index contributed by atoms with van der Waals surface area (Å²) < 4.78 is 33.6. The van der Waals surface area contributed by atoms with Gasteiger partial charge >= 0.3 is 13.8 Å². The highest BCUT2D eigenvalue weighted by Crippen LogP contribution is 2.43. The van der Waals surface area contributed by atoms with E-state index in [0.717, 1.165) is 64.2 Å². The minimum absolute atomic E-state index is 0.0972. The van der Waals surface area contributed by atoms with Gasteiger partial charge in [-0.3, -0.25) is 13.8 Å². The summed E-state index contributed by atoms with van der Waals surface area (Å²) in [7, 11) is -4.29. The molecule has 3 N–H and O–H groups in total. The minimum Gasteiger partial charge on any atom is -0.457 e. The summed E-state index contributed by atoms with van der Waals surface area (Å²) in [5.41, 5.74) is 5.39. The van der Waals surface area contributed by atoms with Crippen molar-refractivity contribution in [3.8, 4) is 0 Å². The van der Waals surface area contributed by atoms with Crippen LogP contribution >= 0.6 is 7.82 Å². The molecule has 362 valence electrons. The standard InChI is InChI=1S/C53H98NO7P/c1-3-5-7-9-11-13-15-17-19-21-23-24-25-26-27-28-29-30-32-34-36-38-40-42-44-46-53(55)61-52(51-60-62(56,57)59-49-47-54)50-58-48-45-43-41-39-37-35-33-31-22-20-18-16-14-12-10-8-6-4-2/h6,8,12,14-15,17-18,20-21,23,52H,3-5,7,9-11,13,16,19,22,24-51,54H2,1-2H3,(H,56,57)/b8-6-,14-12-,17-15-,20-18-,23-21-. The Morgan fingerprint density at radius 1 is 0.500 bits per heavy atom. The molecule has 62 heavy (non-hydrogen) atoms. The second-order valence-corrected chi connectivity index (χ2v) is 18.5. The van der Waals surface area contributed by atoms with Crippen molar-refractivity contribution in [1.29, 1.82) is 0 Å². The predicted octanol–water partition coefficient (Wildman–Crippen LogP) is 16.1. The summed E-state index contributed by atoms with van der Waals surface area (Å²) in [5.74, 6) is -0.333. The molecule has 0 spiro atoms. The molecule has 0 saturated heterocycles. The highest BCUT2D eigenvalue weighted by atomic mass is 31.2. The van der Waals surface area contributed by atoms with Crippen LogP contribution in [0.5, 0.6) is 0 Å². The minimum atomic E-state index is -4.29. The van der Waals surface area contributed by atoms with Crippen LogP contribution in [-0.2, 0) is 27.9 Å². The molecule has 2 unspecified atom stereocenters. The van der Waals surface area contributed by atoms with Crippen LogP contribution in [0, 0.1) is 0 Å². The molecule has 0 aliphatic carbocycles. The molecule has 0 fully saturated rings. The van der Waals surface area contributed by atoms with E-state index in [4.69, 9.17) is 24.3 Å². The Bertz CT molecular complexity index is 1140. The number of nitrogens with two attached hydrogens (primary N) is 1. The zero-order valence-corrected chi connectivity index (χ0v) is 41.2. The molecule has 0 heterocycles. The maximum absolute atomic E-state index is 12.7. The van der Waals surface area contributed by atoms with Gasteiger partial charge in [0.15, 0.2) is 0 Å². The summed E-state index contributed by atoms with van der Waals surface area (Å²) in [6, 6.07) is 0. The third-order valence-corrected chi connectivity index (χ3v) is 11.9. The van der Waals surface area contributed by atoms with Crippen molar-refractivity contribution in [2.24, 2.45) is 5.73 Å². The average molecular weight is 892 g/mol. The summed E-state index contributed by atoms with van der Waals surface area (Å²) in [6.45, 7) is 4.81. The van der Waals surface area contributed by atoms with Gasteiger partial charge in [-0.1, -0.05) is 209 Å². The quantitative estimate of drug-likeness (QED) is 0.0268. The monoisotopic (exact) mass is 892 g/mol. The normalized spacial score (nSPS) is 13.8. The van der Waals surface area contributed by atoms with Crippen LogP contribution in [0.25, 0.3) is 0 Å². The molecule has 0 radical (unpaired) electrons. The zero-order chi connectivity index (χ0) is 45.1. The Morgan fingerprint density at radius 2 is 0.903 bits per heavy atom. The lowest BCUT2D eigenvalue weighted by Crippen LogP contribution is -2.28. The van der Waals surface area contributed by atoms with Crippen LogP contribution in [0.1, 0.15) is 232 Å². The number of carbonyl (C=O) groups is 1. The summed E-state index contributed by atoms with van der Waals surface area (Å²) in [6.07, 6.45) is 62.5. The van der Waals surface area contributed by atoms with E-state index >= 15 is 0 Å². The smallest absolute Gasteiger partial charge is 0.457 e. The molecule has 0 aliphatic rings. The molecular formula is C53H98NO7P. The maximum Gasteiger partial charge on any atom is 0.472 e. The van der Waals surface area contributed by atoms with E-state index in [9.17, 15) is 14.3 Å². The Labute approximate surface area is 383 Å². The van der Waals surface area contributed by atoms with Crippen LogP contribution in [0.2, 0.25) is 0 Å². The second-order valence-electron chi connectivity index (χ2n) is 17.0. The first-order valence-corrected chi connectivity index (χ1v) is 27.3. The summed E-state index contributed by atoms with van der Waals surface area (Å²) in [4.78, 5) is 22.6. The van der Waals surface area contributed by atoms with E-state index in [1.165, 1.54) is 148 Å². The highest BCUT2D eigenvalue weighted by molar-refractivity contribution is 7.47. The number of hydrogen-bond donors (Lipinski definition) is 2. The fraction of sp³-hybridized carbons (Fsp3) is 0.792. The second kappa shape index (κ2) is 50.2. The first-order chi connectivity index (χ1) is 30.4. The van der Waals surface area contributed by atoms with E-state index in [-0.39, 0.29) is 32.3 Å². The number of phosphoric ester groups is 1. The van der Waals surface area contributed by atoms with Gasteiger partial charge in [-0.25, -0.2) is 4.57 Å². The van der Waals surface area contributed by atoms with Gasteiger partial charge < -0.3 is 20.1 Å². The van der Waals surface area contributed by atoms with Crippen molar-refractivity contribution in [2.75, 3.05) is 33.0 Å². The van der Waals surface area contributed by atoms with E-state index in [0.29, 0.717) is 13.0 Å². The van der Waals surface area contributed by atoms with Crippen LogP contribution < -0.4 is 5.73 Å². The molecule has 0 aromatic rings. The van der Waals surface area contributed by atoms with Gasteiger partial charge in [0.1, 0.15) is 6.10 Å². The molecule has 0 bridgehead atoms. The first kappa shape index (κ1) is 60.2. The lowest BCUT2D eigenvalue weighted by atomic mass is 10.0. The number of carbonyl (C=O) groups excluding carboxylic acids is 1. The molecule has 0 aromatic carbocycles. The largest absolute Gasteiger partial charge is 0.472 e. The van der Waals surface area contributed by atoms with Gasteiger partial charge in [0, 0.05) is 19.6 Å². The Hall–Kier alpha value is -1.80. The van der Waals surface area contributed by atoms with Crippen LogP contribution in [0.15, 0.2) is 60.8 Å². The number of phosphoric acid groups is 1. The summed E-state index contributed by atoms with van der Waals surface area (Å²) in [5, 5.41) is 0. The van der Waals surface area contributed by atoms with Gasteiger partial charge in [0.05, 0.1) is 19.8 Å². The first-order valence-electron chi connectivity index (χ1n) is 25.8. The Morgan fingerprint density at radius 3 is 1.35 bits per heavy atom. The lowest BCUT2D eigenvalue weighted by molar-refractivity contribution is -0.154. The maximum atomic E-state index is 12.7. The third-order valence-electron chi connectivity index (χ3n) is 10.9. The zero-order valence-electron chi connectivity index (χ0n) is 40.3. The van der Waals surface area contributed by atoms with Crippen molar-refractivity contribution < 1.29 is 32.8 Å². The van der Waals surface area contributed by atoms with E-state index in [1.54, 1.807) is 0 Å². The number of rotatable bonds is 49. The fourth-order valence-electron chi connectivity index (χ4n) is 7.16. The molecule has 0 saturated carbocycles. The molecular weight excluding hydrogens is 794 g/mol. The average Bonchev–Trinajstić information content (AvgIpc) is 3.26. The van der Waals surface area contributed by atoms with E-state index < -0.39 is 13.9 Å². The van der Waals surface area contributed by atoms with Crippen LogP contribution in [0.4, 0.5) is 0 Å². The number of allylic oxidation sites excluding steroid dienone is 10. The Kier molecular flexibility index (Phi) is 48.7. The summed E-state index contributed by atoms with van der Waals surface area (Å²) >= 11 is 0. The van der Waals surface area contributed by atoms with Gasteiger partial charge in [-0.15, -0.1) is 0 Å². The number of ether oxygens (including phenoxy) is 2. The van der Waals surface area contributed by atoms with Gasteiger partial charge in [0.2, 0.25) is 0 Å². The highest BCUT2D eigenvalue weighted by Gasteiger charge is 2.25. The van der Waals surface area contributed by atoms with Crippen LogP contribution in [-0.4, -0.2) is 49.9 Å². The van der Waals surface area contributed by atoms with Crippen LogP contribution in [0.3, 0.4) is 0 Å². The van der Waals surface area contributed by atoms with Gasteiger partial charge in [-0.2, -0.15) is 0 Å². The number of hydrogen-bond acceptors (Lipinski definition) is 7. The van der Waals surface area contributed by atoms with Crippen molar-refractivity contribution >= 4 is 13.8 Å². The molecule has 9 heteroatoms. The SMILES string of the molecule is CC/C=C\C/C=C\C/C=C\CCCCCCCCCCOCC(COP(=O)(O)OCCN)OC(=O)CCCCCCCCCCCCCCC/C=C\C/C=C\CCCCCCC. The fourth-order valence-corrected chi connectivity index (χ4v) is 7.93. The molecule has 8 nitrogen and oxygen atoms in total. The van der Waals surface area contributed by atoms with E-state index in [2.05, 4.69) is 74.6 Å². The van der Waals surface area contributed by atoms with Crippen molar-refractivity contribution in [3.05, 3.63) is 60.8 Å². The van der Waals surface area contributed by atoms with Gasteiger partial charge in [-0.05, 0) is 77.0 Å². The molecule has 0 aromatic heterocycles.